The number of fused-ring (bicyclic) bond motifs is 1. The number of hydrogen-bond acceptors (Lipinski definition) is 5. The summed E-state index contributed by atoms with van der Waals surface area (Å²) in [6.45, 7) is 2.08. The zero-order chi connectivity index (χ0) is 17.8. The van der Waals surface area contributed by atoms with E-state index in [2.05, 4.69) is 20.9 Å². The highest BCUT2D eigenvalue weighted by atomic mass is 16.2. The molecule has 25 heavy (non-hydrogen) atoms. The number of pyridine rings is 1. The zero-order valence-corrected chi connectivity index (χ0v) is 13.4. The molecule has 3 aromatic rings. The summed E-state index contributed by atoms with van der Waals surface area (Å²) in [5.74, 6) is -1.18. The van der Waals surface area contributed by atoms with Crippen molar-refractivity contribution in [1.82, 2.24) is 25.6 Å². The van der Waals surface area contributed by atoms with E-state index in [1.807, 2.05) is 0 Å². The van der Waals surface area contributed by atoms with E-state index < -0.39 is 11.8 Å². The predicted octanol–water partition coefficient (Wildman–Crippen LogP) is 0.886. The van der Waals surface area contributed by atoms with Crippen LogP contribution < -0.4 is 16.4 Å². The highest BCUT2D eigenvalue weighted by molar-refractivity contribution is 6.05. The Hall–Kier alpha value is -3.55. The van der Waals surface area contributed by atoms with Crippen molar-refractivity contribution in [2.24, 2.45) is 0 Å². The van der Waals surface area contributed by atoms with E-state index >= 15 is 0 Å². The molecule has 0 saturated heterocycles. The lowest BCUT2D eigenvalue weighted by molar-refractivity contribution is 0.0841. The molecule has 0 fully saturated rings. The molecule has 8 nitrogen and oxygen atoms in total. The van der Waals surface area contributed by atoms with Crippen LogP contribution in [0.25, 0.3) is 10.8 Å². The van der Waals surface area contributed by atoms with Gasteiger partial charge in [-0.15, -0.1) is 0 Å². The number of rotatable bonds is 3. The van der Waals surface area contributed by atoms with Gasteiger partial charge in [-0.2, -0.15) is 5.10 Å². The predicted molar refractivity (Wildman–Crippen MR) is 90.8 cm³/mol. The van der Waals surface area contributed by atoms with Gasteiger partial charge in [0.25, 0.3) is 17.4 Å². The molecular formula is C17H15N5O3. The number of carbonyl (C=O) groups excluding carboxylic acids is 2. The molecule has 0 atom stereocenters. The summed E-state index contributed by atoms with van der Waals surface area (Å²) in [6.07, 6.45) is 1.48. The molecule has 0 aliphatic heterocycles. The number of aromatic nitrogens is 3. The lowest BCUT2D eigenvalue weighted by Gasteiger charge is -2.10. The van der Waals surface area contributed by atoms with Gasteiger partial charge in [-0.3, -0.25) is 30.2 Å². The van der Waals surface area contributed by atoms with E-state index in [0.29, 0.717) is 17.3 Å². The summed E-state index contributed by atoms with van der Waals surface area (Å²) >= 11 is 0. The van der Waals surface area contributed by atoms with E-state index in [1.165, 1.54) is 16.9 Å². The smallest absolute Gasteiger partial charge is 0.267 e. The Balaban J connectivity index is 1.89. The maximum absolute atomic E-state index is 12.4. The molecule has 2 heterocycles. The quantitative estimate of drug-likeness (QED) is 0.690. The molecule has 0 bridgehead atoms. The van der Waals surface area contributed by atoms with E-state index in [1.54, 1.807) is 43.3 Å². The number of aryl methyl sites for hydroxylation is 1. The molecule has 0 radical (unpaired) electrons. The fourth-order valence-electron chi connectivity index (χ4n) is 2.35. The number of amides is 2. The first-order chi connectivity index (χ1) is 12.1. The molecule has 2 aromatic heterocycles. The second-order valence-corrected chi connectivity index (χ2v) is 5.14. The summed E-state index contributed by atoms with van der Waals surface area (Å²) in [5.41, 5.74) is 4.54. The minimum absolute atomic E-state index is 0.0540. The standard InChI is InChI=1S/C17H15N5O3/c1-2-22-17(25)12-8-4-3-7-11(12)14(21-22)16(24)20-19-15(23)13-9-5-6-10-18-13/h3-10H,2H2,1H3,(H,19,23)(H,20,24). The molecule has 126 valence electrons. The van der Waals surface area contributed by atoms with E-state index in [4.69, 9.17) is 0 Å². The third-order valence-corrected chi connectivity index (χ3v) is 3.57. The lowest BCUT2D eigenvalue weighted by atomic mass is 10.1. The molecule has 0 spiro atoms. The Morgan fingerprint density at radius 2 is 1.68 bits per heavy atom. The van der Waals surface area contributed by atoms with E-state index in [0.717, 1.165) is 0 Å². The molecule has 8 heteroatoms. The van der Waals surface area contributed by atoms with Crippen molar-refractivity contribution in [3.05, 3.63) is 70.4 Å². The number of hydrazine groups is 1. The van der Waals surface area contributed by atoms with Crippen LogP contribution >= 0.6 is 0 Å². The summed E-state index contributed by atoms with van der Waals surface area (Å²) in [6, 6.07) is 11.6. The van der Waals surface area contributed by atoms with Crippen LogP contribution in [-0.4, -0.2) is 26.6 Å². The van der Waals surface area contributed by atoms with Crippen LogP contribution in [0.5, 0.6) is 0 Å². The van der Waals surface area contributed by atoms with Crippen LogP contribution in [0.2, 0.25) is 0 Å². The van der Waals surface area contributed by atoms with E-state index in [9.17, 15) is 14.4 Å². The molecule has 1 aromatic carbocycles. The highest BCUT2D eigenvalue weighted by Gasteiger charge is 2.17. The lowest BCUT2D eigenvalue weighted by Crippen LogP contribution is -2.43. The van der Waals surface area contributed by atoms with Gasteiger partial charge in [0.2, 0.25) is 0 Å². The number of carbonyl (C=O) groups is 2. The Kier molecular flexibility index (Phi) is 4.51. The van der Waals surface area contributed by atoms with Gasteiger partial charge in [0.1, 0.15) is 5.69 Å². The van der Waals surface area contributed by atoms with E-state index in [-0.39, 0.29) is 16.9 Å². The summed E-state index contributed by atoms with van der Waals surface area (Å²) in [4.78, 5) is 40.6. The average Bonchev–Trinajstić information content (AvgIpc) is 2.67. The largest absolute Gasteiger partial charge is 0.290 e. The van der Waals surface area contributed by atoms with Crippen LogP contribution in [0.1, 0.15) is 27.9 Å². The monoisotopic (exact) mass is 337 g/mol. The van der Waals surface area contributed by atoms with Crippen molar-refractivity contribution < 1.29 is 9.59 Å². The second-order valence-electron chi connectivity index (χ2n) is 5.14. The first-order valence-corrected chi connectivity index (χ1v) is 7.63. The van der Waals surface area contributed by atoms with Gasteiger partial charge < -0.3 is 0 Å². The van der Waals surface area contributed by atoms with Gasteiger partial charge >= 0.3 is 0 Å². The van der Waals surface area contributed by atoms with Gasteiger partial charge in [-0.05, 0) is 25.1 Å². The summed E-state index contributed by atoms with van der Waals surface area (Å²) < 4.78 is 1.21. The average molecular weight is 337 g/mol. The normalized spacial score (nSPS) is 10.4. The Bertz CT molecular complexity index is 998. The molecule has 0 aliphatic carbocycles. The maximum Gasteiger partial charge on any atom is 0.290 e. The zero-order valence-electron chi connectivity index (χ0n) is 13.4. The molecule has 0 aliphatic rings. The van der Waals surface area contributed by atoms with Crippen molar-refractivity contribution in [1.29, 1.82) is 0 Å². The summed E-state index contributed by atoms with van der Waals surface area (Å²) in [5, 5.41) is 4.90. The fraction of sp³-hybridized carbons (Fsp3) is 0.118. The minimum Gasteiger partial charge on any atom is -0.267 e. The molecule has 0 saturated carbocycles. The van der Waals surface area contributed by atoms with Crippen LogP contribution in [0.4, 0.5) is 0 Å². The van der Waals surface area contributed by atoms with Crippen LogP contribution in [-0.2, 0) is 6.54 Å². The van der Waals surface area contributed by atoms with Crippen LogP contribution in [0.3, 0.4) is 0 Å². The molecule has 3 rings (SSSR count). The topological polar surface area (TPSA) is 106 Å². The van der Waals surface area contributed by atoms with Gasteiger partial charge in [0.15, 0.2) is 5.69 Å². The first kappa shape index (κ1) is 16.3. The number of nitrogens with one attached hydrogen (secondary N) is 2. The van der Waals surface area contributed by atoms with Gasteiger partial charge in [-0.25, -0.2) is 4.68 Å². The Labute approximate surface area is 142 Å². The first-order valence-electron chi connectivity index (χ1n) is 7.63. The molecule has 2 amide bonds. The second kappa shape index (κ2) is 6.91. The van der Waals surface area contributed by atoms with Crippen LogP contribution in [0.15, 0.2) is 53.5 Å². The minimum atomic E-state index is -0.623. The van der Waals surface area contributed by atoms with Crippen LogP contribution in [0, 0.1) is 0 Å². The van der Waals surface area contributed by atoms with Gasteiger partial charge in [0.05, 0.1) is 5.39 Å². The number of hydrogen-bond donors (Lipinski definition) is 2. The Morgan fingerprint density at radius 1 is 1.00 bits per heavy atom. The molecule has 0 unspecified atom stereocenters. The third-order valence-electron chi connectivity index (χ3n) is 3.57. The van der Waals surface area contributed by atoms with Crippen molar-refractivity contribution in [2.75, 3.05) is 0 Å². The third kappa shape index (κ3) is 3.23. The van der Waals surface area contributed by atoms with Crippen molar-refractivity contribution in [3.63, 3.8) is 0 Å². The maximum atomic E-state index is 12.4. The van der Waals surface area contributed by atoms with Crippen molar-refractivity contribution in [3.8, 4) is 0 Å². The Morgan fingerprint density at radius 3 is 2.36 bits per heavy atom. The highest BCUT2D eigenvalue weighted by Crippen LogP contribution is 2.12. The summed E-state index contributed by atoms with van der Waals surface area (Å²) in [7, 11) is 0. The number of nitrogens with zero attached hydrogens (tertiary/aromatic N) is 3. The van der Waals surface area contributed by atoms with Gasteiger partial charge in [0, 0.05) is 18.1 Å². The molecular weight excluding hydrogens is 322 g/mol. The SMILES string of the molecule is CCn1nc(C(=O)NNC(=O)c2ccccn2)c2ccccc2c1=O. The fourth-order valence-corrected chi connectivity index (χ4v) is 2.35. The van der Waals surface area contributed by atoms with Crippen molar-refractivity contribution in [2.45, 2.75) is 13.5 Å². The molecule has 2 N–H and O–H groups in total. The van der Waals surface area contributed by atoms with Crippen molar-refractivity contribution >= 4 is 22.6 Å². The van der Waals surface area contributed by atoms with Gasteiger partial charge in [-0.1, -0.05) is 24.3 Å². The number of benzene rings is 1.